The SMILES string of the molecule is COC(=O)C(C)CN(Cc1ccc(Cl)cc1)C(=O)/C=C/c1ccccc1. The minimum atomic E-state index is -0.415. The first-order valence-corrected chi connectivity index (χ1v) is 8.71. The molecule has 0 N–H and O–H groups in total. The summed E-state index contributed by atoms with van der Waals surface area (Å²) in [6.45, 7) is 2.40. The Morgan fingerprint density at radius 3 is 2.38 bits per heavy atom. The second kappa shape index (κ2) is 9.78. The number of nitrogens with zero attached hydrogens (tertiary/aromatic N) is 1. The van der Waals surface area contributed by atoms with E-state index in [2.05, 4.69) is 0 Å². The number of rotatable bonds is 7. The van der Waals surface area contributed by atoms with Gasteiger partial charge in [-0.25, -0.2) is 0 Å². The molecule has 0 heterocycles. The van der Waals surface area contributed by atoms with Gasteiger partial charge in [0.2, 0.25) is 5.91 Å². The topological polar surface area (TPSA) is 46.6 Å². The lowest BCUT2D eigenvalue weighted by molar-refractivity contribution is -0.146. The first-order chi connectivity index (χ1) is 12.5. The van der Waals surface area contributed by atoms with E-state index in [4.69, 9.17) is 16.3 Å². The highest BCUT2D eigenvalue weighted by molar-refractivity contribution is 6.30. The third-order valence-corrected chi connectivity index (χ3v) is 4.17. The van der Waals surface area contributed by atoms with Crippen molar-refractivity contribution < 1.29 is 14.3 Å². The van der Waals surface area contributed by atoms with Crippen LogP contribution >= 0.6 is 11.6 Å². The number of halogens is 1. The standard InChI is InChI=1S/C21H22ClNO3/c1-16(21(25)26-2)14-23(15-18-8-11-19(22)12-9-18)20(24)13-10-17-6-4-3-5-7-17/h3-13,16H,14-15H2,1-2H3/b13-10+. The molecule has 0 aromatic heterocycles. The summed E-state index contributed by atoms with van der Waals surface area (Å²) < 4.78 is 4.78. The molecule has 2 aromatic carbocycles. The molecule has 2 aromatic rings. The van der Waals surface area contributed by atoms with Crippen LogP contribution in [0, 0.1) is 5.92 Å². The van der Waals surface area contributed by atoms with Crippen LogP contribution in [0.3, 0.4) is 0 Å². The Kier molecular flexibility index (Phi) is 7.42. The molecule has 0 saturated heterocycles. The number of benzene rings is 2. The van der Waals surface area contributed by atoms with Crippen molar-refractivity contribution in [2.24, 2.45) is 5.92 Å². The van der Waals surface area contributed by atoms with Crippen molar-refractivity contribution in [2.45, 2.75) is 13.5 Å². The maximum absolute atomic E-state index is 12.7. The zero-order valence-corrected chi connectivity index (χ0v) is 15.6. The van der Waals surface area contributed by atoms with E-state index in [1.54, 1.807) is 30.0 Å². The molecule has 2 rings (SSSR count). The summed E-state index contributed by atoms with van der Waals surface area (Å²) in [4.78, 5) is 26.1. The lowest BCUT2D eigenvalue weighted by Crippen LogP contribution is -2.35. The van der Waals surface area contributed by atoms with Gasteiger partial charge in [0.05, 0.1) is 13.0 Å². The van der Waals surface area contributed by atoms with E-state index in [0.717, 1.165) is 11.1 Å². The highest BCUT2D eigenvalue weighted by Gasteiger charge is 2.20. The minimum Gasteiger partial charge on any atom is -0.469 e. The molecule has 136 valence electrons. The second-order valence-electron chi connectivity index (χ2n) is 6.01. The van der Waals surface area contributed by atoms with Gasteiger partial charge in [-0.2, -0.15) is 0 Å². The van der Waals surface area contributed by atoms with Crippen LogP contribution in [0.5, 0.6) is 0 Å². The predicted octanol–water partition coefficient (Wildman–Crippen LogP) is 4.19. The number of ether oxygens (including phenoxy) is 1. The number of carbonyl (C=O) groups excluding carboxylic acids is 2. The molecule has 0 saturated carbocycles. The fraction of sp³-hybridized carbons (Fsp3) is 0.238. The van der Waals surface area contributed by atoms with Crippen LogP contribution in [0.4, 0.5) is 0 Å². The number of methoxy groups -OCH3 is 1. The van der Waals surface area contributed by atoms with Crippen LogP contribution in [0.15, 0.2) is 60.7 Å². The number of carbonyl (C=O) groups is 2. The highest BCUT2D eigenvalue weighted by atomic mass is 35.5. The minimum absolute atomic E-state index is 0.167. The molecule has 0 aliphatic heterocycles. The van der Waals surface area contributed by atoms with E-state index < -0.39 is 5.92 Å². The third-order valence-electron chi connectivity index (χ3n) is 3.91. The summed E-state index contributed by atoms with van der Waals surface area (Å²) in [7, 11) is 1.35. The van der Waals surface area contributed by atoms with E-state index in [-0.39, 0.29) is 18.4 Å². The zero-order chi connectivity index (χ0) is 18.9. The summed E-state index contributed by atoms with van der Waals surface area (Å²) in [6, 6.07) is 16.9. The van der Waals surface area contributed by atoms with Crippen molar-refractivity contribution in [1.29, 1.82) is 0 Å². The second-order valence-corrected chi connectivity index (χ2v) is 6.45. The van der Waals surface area contributed by atoms with Crippen LogP contribution < -0.4 is 0 Å². The van der Waals surface area contributed by atoms with Crippen LogP contribution in [0.2, 0.25) is 5.02 Å². The van der Waals surface area contributed by atoms with E-state index in [0.29, 0.717) is 11.6 Å². The molecular formula is C21H22ClNO3. The number of hydrogen-bond acceptors (Lipinski definition) is 3. The van der Waals surface area contributed by atoms with E-state index in [1.165, 1.54) is 13.2 Å². The van der Waals surface area contributed by atoms with Gasteiger partial charge in [0.15, 0.2) is 0 Å². The fourth-order valence-corrected chi connectivity index (χ4v) is 2.61. The molecule has 0 radical (unpaired) electrons. The van der Waals surface area contributed by atoms with Gasteiger partial charge < -0.3 is 9.64 Å². The lowest BCUT2D eigenvalue weighted by atomic mass is 10.1. The van der Waals surface area contributed by atoms with Gasteiger partial charge >= 0.3 is 5.97 Å². The van der Waals surface area contributed by atoms with Gasteiger partial charge in [0, 0.05) is 24.2 Å². The summed E-state index contributed by atoms with van der Waals surface area (Å²) in [5.74, 6) is -0.924. The van der Waals surface area contributed by atoms with Gasteiger partial charge in [0.25, 0.3) is 0 Å². The number of hydrogen-bond donors (Lipinski definition) is 0. The Bertz CT molecular complexity index is 757. The maximum atomic E-state index is 12.7. The molecule has 0 aliphatic carbocycles. The predicted molar refractivity (Wildman–Crippen MR) is 104 cm³/mol. The van der Waals surface area contributed by atoms with E-state index in [1.807, 2.05) is 42.5 Å². The lowest BCUT2D eigenvalue weighted by Gasteiger charge is -2.24. The average Bonchev–Trinajstić information content (AvgIpc) is 2.67. The fourth-order valence-electron chi connectivity index (χ4n) is 2.49. The Morgan fingerprint density at radius 2 is 1.77 bits per heavy atom. The summed E-state index contributed by atoms with van der Waals surface area (Å²) >= 11 is 5.92. The Labute approximate surface area is 159 Å². The first-order valence-electron chi connectivity index (χ1n) is 8.34. The summed E-state index contributed by atoms with van der Waals surface area (Å²) in [6.07, 6.45) is 3.29. The third kappa shape index (κ3) is 6.05. The van der Waals surface area contributed by atoms with Crippen molar-refractivity contribution in [1.82, 2.24) is 4.90 Å². The highest BCUT2D eigenvalue weighted by Crippen LogP contribution is 2.14. The molecule has 0 spiro atoms. The van der Waals surface area contributed by atoms with Gasteiger partial charge in [-0.3, -0.25) is 9.59 Å². The quantitative estimate of drug-likeness (QED) is 0.541. The number of amides is 1. The van der Waals surface area contributed by atoms with Gasteiger partial charge in [-0.15, -0.1) is 0 Å². The molecule has 0 aliphatic rings. The molecule has 1 amide bonds. The molecule has 4 nitrogen and oxygen atoms in total. The normalized spacial score (nSPS) is 12.0. The van der Waals surface area contributed by atoms with Crippen LogP contribution in [0.1, 0.15) is 18.1 Å². The molecule has 26 heavy (non-hydrogen) atoms. The largest absolute Gasteiger partial charge is 0.469 e. The van der Waals surface area contributed by atoms with Gasteiger partial charge in [0.1, 0.15) is 0 Å². The molecule has 0 bridgehead atoms. The summed E-state index contributed by atoms with van der Waals surface area (Å²) in [5, 5.41) is 0.638. The van der Waals surface area contributed by atoms with Gasteiger partial charge in [-0.05, 0) is 29.3 Å². The smallest absolute Gasteiger partial charge is 0.310 e. The van der Waals surface area contributed by atoms with Crippen molar-refractivity contribution >= 4 is 29.6 Å². The van der Waals surface area contributed by atoms with Gasteiger partial charge in [-0.1, -0.05) is 61.0 Å². The Hall–Kier alpha value is -2.59. The molecular weight excluding hydrogens is 350 g/mol. The van der Waals surface area contributed by atoms with Crippen molar-refractivity contribution in [3.8, 4) is 0 Å². The van der Waals surface area contributed by atoms with E-state index >= 15 is 0 Å². The zero-order valence-electron chi connectivity index (χ0n) is 14.9. The summed E-state index contributed by atoms with van der Waals surface area (Å²) in [5.41, 5.74) is 1.88. The van der Waals surface area contributed by atoms with Crippen molar-refractivity contribution in [2.75, 3.05) is 13.7 Å². The van der Waals surface area contributed by atoms with Crippen LogP contribution in [-0.2, 0) is 20.9 Å². The Balaban J connectivity index is 2.15. The average molecular weight is 372 g/mol. The molecule has 1 unspecified atom stereocenters. The molecule has 5 heteroatoms. The first kappa shape index (κ1) is 19.7. The van der Waals surface area contributed by atoms with E-state index in [9.17, 15) is 9.59 Å². The van der Waals surface area contributed by atoms with Crippen LogP contribution in [-0.4, -0.2) is 30.4 Å². The Morgan fingerprint density at radius 1 is 1.12 bits per heavy atom. The number of esters is 1. The molecule has 0 fully saturated rings. The van der Waals surface area contributed by atoms with Crippen LogP contribution in [0.25, 0.3) is 6.08 Å². The monoisotopic (exact) mass is 371 g/mol. The molecule has 1 atom stereocenters. The van der Waals surface area contributed by atoms with Crippen molar-refractivity contribution in [3.63, 3.8) is 0 Å². The van der Waals surface area contributed by atoms with Crippen molar-refractivity contribution in [3.05, 3.63) is 76.8 Å². The maximum Gasteiger partial charge on any atom is 0.310 e.